The number of carbonyl (C=O) groups excluding carboxylic acids is 2. The first-order valence-corrected chi connectivity index (χ1v) is 12.3. The lowest BCUT2D eigenvalue weighted by Crippen LogP contribution is -2.44. The number of nitrogens with zero attached hydrogens (tertiary/aromatic N) is 3. The number of esters is 1. The number of aromatic nitrogens is 1. The van der Waals surface area contributed by atoms with Crippen LogP contribution in [0.2, 0.25) is 0 Å². The van der Waals surface area contributed by atoms with Gasteiger partial charge in [0.25, 0.3) is 0 Å². The molecule has 6 nitrogen and oxygen atoms in total. The van der Waals surface area contributed by atoms with E-state index in [9.17, 15) is 9.59 Å². The lowest BCUT2D eigenvalue weighted by atomic mass is 10.1. The molecular formula is C20H31N3O3S2. The summed E-state index contributed by atoms with van der Waals surface area (Å²) < 4.78 is 6.07. The van der Waals surface area contributed by atoms with Crippen LogP contribution in [0.25, 0.3) is 0 Å². The maximum absolute atomic E-state index is 12.3. The molecule has 2 fully saturated rings. The van der Waals surface area contributed by atoms with E-state index in [2.05, 4.69) is 21.7 Å². The summed E-state index contributed by atoms with van der Waals surface area (Å²) in [5.41, 5.74) is 0.392. The Morgan fingerprint density at radius 1 is 1.36 bits per heavy atom. The van der Waals surface area contributed by atoms with Crippen LogP contribution in [0, 0.1) is 0 Å². The van der Waals surface area contributed by atoms with Crippen molar-refractivity contribution in [3.63, 3.8) is 0 Å². The van der Waals surface area contributed by atoms with Crippen LogP contribution in [0.1, 0.15) is 62.4 Å². The molecular weight excluding hydrogens is 394 g/mol. The fourth-order valence-corrected chi connectivity index (χ4v) is 5.57. The maximum Gasteiger partial charge on any atom is 0.357 e. The maximum atomic E-state index is 12.3. The topological polar surface area (TPSA) is 62.7 Å². The molecule has 1 aromatic rings. The molecule has 2 aliphatic rings. The van der Waals surface area contributed by atoms with Gasteiger partial charge in [-0.3, -0.25) is 4.79 Å². The average molecular weight is 426 g/mol. The van der Waals surface area contributed by atoms with Crippen molar-refractivity contribution in [2.24, 2.45) is 0 Å². The van der Waals surface area contributed by atoms with Crippen LogP contribution in [0.5, 0.6) is 0 Å². The molecule has 2 saturated heterocycles. The van der Waals surface area contributed by atoms with Gasteiger partial charge >= 0.3 is 5.97 Å². The summed E-state index contributed by atoms with van der Waals surface area (Å²) in [6.07, 6.45) is 7.43. The molecule has 1 aromatic heterocycles. The van der Waals surface area contributed by atoms with Gasteiger partial charge in [0.1, 0.15) is 0 Å². The van der Waals surface area contributed by atoms with E-state index < -0.39 is 0 Å². The minimum Gasteiger partial charge on any atom is -0.461 e. The number of piperidine rings is 1. The highest BCUT2D eigenvalue weighted by Gasteiger charge is 2.32. The Morgan fingerprint density at radius 2 is 2.18 bits per heavy atom. The second-order valence-electron chi connectivity index (χ2n) is 7.48. The molecule has 0 bridgehead atoms. The van der Waals surface area contributed by atoms with E-state index in [1.165, 1.54) is 43.7 Å². The summed E-state index contributed by atoms with van der Waals surface area (Å²) in [4.78, 5) is 33.2. The number of hydrogen-bond donors (Lipinski definition) is 0. The van der Waals surface area contributed by atoms with E-state index in [0.717, 1.165) is 42.4 Å². The highest BCUT2D eigenvalue weighted by atomic mass is 32.2. The normalized spacial score (nSPS) is 20.7. The van der Waals surface area contributed by atoms with Gasteiger partial charge in [0.2, 0.25) is 5.91 Å². The van der Waals surface area contributed by atoms with Crippen molar-refractivity contribution in [2.75, 3.05) is 38.5 Å². The van der Waals surface area contributed by atoms with Gasteiger partial charge in [-0.25, -0.2) is 9.78 Å². The Bertz CT molecular complexity index is 646. The Labute approximate surface area is 176 Å². The Morgan fingerprint density at radius 3 is 2.96 bits per heavy atom. The van der Waals surface area contributed by atoms with Crippen molar-refractivity contribution >= 4 is 35.0 Å². The average Bonchev–Trinajstić information content (AvgIpc) is 3.31. The van der Waals surface area contributed by atoms with E-state index in [4.69, 9.17) is 4.74 Å². The molecule has 3 rings (SSSR count). The number of likely N-dealkylation sites (tertiary alicyclic amines) is 2. The van der Waals surface area contributed by atoms with E-state index in [-0.39, 0.29) is 11.9 Å². The van der Waals surface area contributed by atoms with Crippen molar-refractivity contribution in [1.29, 1.82) is 0 Å². The number of carbonyl (C=O) groups is 2. The standard InChI is InChI=1S/C20H31N3O3S2/c1-2-3-12-26-19(25)17-15-28-20(21-17)27-13-11-23-16(7-8-18(23)24)14-22-9-5-4-6-10-22/h15-16H,2-14H2,1H3. The van der Waals surface area contributed by atoms with Gasteiger partial charge in [0.05, 0.1) is 6.61 Å². The van der Waals surface area contributed by atoms with Gasteiger partial charge in [-0.1, -0.05) is 31.5 Å². The molecule has 0 spiro atoms. The third-order valence-electron chi connectivity index (χ3n) is 5.35. The van der Waals surface area contributed by atoms with Gasteiger partial charge in [0, 0.05) is 36.7 Å². The van der Waals surface area contributed by atoms with Gasteiger partial charge in [0.15, 0.2) is 10.0 Å². The zero-order valence-corrected chi connectivity index (χ0v) is 18.4. The van der Waals surface area contributed by atoms with Crippen LogP contribution >= 0.6 is 23.1 Å². The predicted molar refractivity (Wildman–Crippen MR) is 113 cm³/mol. The zero-order valence-electron chi connectivity index (χ0n) is 16.7. The van der Waals surface area contributed by atoms with Crippen molar-refractivity contribution in [3.05, 3.63) is 11.1 Å². The third kappa shape index (κ3) is 6.19. The minimum absolute atomic E-state index is 0.280. The van der Waals surface area contributed by atoms with Gasteiger partial charge in [-0.2, -0.15) is 0 Å². The fraction of sp³-hybridized carbons (Fsp3) is 0.750. The molecule has 1 atom stereocenters. The third-order valence-corrected chi connectivity index (χ3v) is 7.35. The molecule has 1 amide bonds. The van der Waals surface area contributed by atoms with Crippen LogP contribution in [0.4, 0.5) is 0 Å². The molecule has 28 heavy (non-hydrogen) atoms. The largest absolute Gasteiger partial charge is 0.461 e. The smallest absolute Gasteiger partial charge is 0.357 e. The van der Waals surface area contributed by atoms with Crippen LogP contribution < -0.4 is 0 Å². The second-order valence-corrected chi connectivity index (χ2v) is 9.68. The summed E-state index contributed by atoms with van der Waals surface area (Å²) in [5.74, 6) is 0.745. The molecule has 3 heterocycles. The van der Waals surface area contributed by atoms with Crippen molar-refractivity contribution in [3.8, 4) is 0 Å². The molecule has 8 heteroatoms. The lowest BCUT2D eigenvalue weighted by Gasteiger charge is -2.33. The molecule has 156 valence electrons. The van der Waals surface area contributed by atoms with Crippen molar-refractivity contribution in [1.82, 2.24) is 14.8 Å². The van der Waals surface area contributed by atoms with Crippen molar-refractivity contribution < 1.29 is 14.3 Å². The van der Waals surface area contributed by atoms with Crippen LogP contribution in [0.15, 0.2) is 9.72 Å². The molecule has 0 radical (unpaired) electrons. The molecule has 0 saturated carbocycles. The van der Waals surface area contributed by atoms with E-state index in [1.807, 2.05) is 0 Å². The van der Waals surface area contributed by atoms with Gasteiger partial charge in [-0.15, -0.1) is 11.3 Å². The summed E-state index contributed by atoms with van der Waals surface area (Å²) in [6, 6.07) is 0.353. The highest BCUT2D eigenvalue weighted by molar-refractivity contribution is 8.01. The number of thiazole rings is 1. The first-order chi connectivity index (χ1) is 13.7. The molecule has 0 aromatic carbocycles. The van der Waals surface area contributed by atoms with E-state index in [1.54, 1.807) is 17.1 Å². The van der Waals surface area contributed by atoms with E-state index >= 15 is 0 Å². The number of ether oxygens (including phenoxy) is 1. The number of hydrogen-bond acceptors (Lipinski definition) is 7. The number of amides is 1. The fourth-order valence-electron chi connectivity index (χ4n) is 3.76. The molecule has 1 unspecified atom stereocenters. The highest BCUT2D eigenvalue weighted by Crippen LogP contribution is 2.26. The minimum atomic E-state index is -0.340. The Hall–Kier alpha value is -1.12. The number of thioether (sulfide) groups is 1. The second kappa shape index (κ2) is 11.2. The summed E-state index contributed by atoms with van der Waals surface area (Å²) >= 11 is 3.09. The summed E-state index contributed by atoms with van der Waals surface area (Å²) in [6.45, 7) is 6.62. The zero-order chi connectivity index (χ0) is 19.8. The first-order valence-electron chi connectivity index (χ1n) is 10.4. The van der Waals surface area contributed by atoms with Crippen molar-refractivity contribution in [2.45, 2.75) is 62.3 Å². The lowest BCUT2D eigenvalue weighted by molar-refractivity contribution is -0.128. The monoisotopic (exact) mass is 425 g/mol. The van der Waals surface area contributed by atoms with Gasteiger partial charge in [-0.05, 0) is 38.8 Å². The van der Waals surface area contributed by atoms with Crippen LogP contribution in [0.3, 0.4) is 0 Å². The molecule has 2 aliphatic heterocycles. The Balaban J connectivity index is 1.43. The first kappa shape index (κ1) is 21.6. The number of rotatable bonds is 10. The van der Waals surface area contributed by atoms with E-state index in [0.29, 0.717) is 24.8 Å². The quantitative estimate of drug-likeness (QED) is 0.324. The molecule has 0 aliphatic carbocycles. The van der Waals surface area contributed by atoms with Gasteiger partial charge < -0.3 is 14.5 Å². The SMILES string of the molecule is CCCCOC(=O)c1csc(SCCN2C(=O)CCC2CN2CCCCC2)n1. The molecule has 0 N–H and O–H groups in total. The predicted octanol–water partition coefficient (Wildman–Crippen LogP) is 3.67. The summed E-state index contributed by atoms with van der Waals surface area (Å²) in [7, 11) is 0. The van der Waals surface area contributed by atoms with Crippen LogP contribution in [-0.4, -0.2) is 71.2 Å². The Kier molecular flexibility index (Phi) is 8.61. The summed E-state index contributed by atoms with van der Waals surface area (Å²) in [5, 5.41) is 1.76. The number of unbranched alkanes of at least 4 members (excludes halogenated alkanes) is 1. The van der Waals surface area contributed by atoms with Crippen LogP contribution in [-0.2, 0) is 9.53 Å².